The van der Waals surface area contributed by atoms with Crippen molar-refractivity contribution in [2.75, 3.05) is 7.11 Å². The molecule has 142 valence electrons. The molecule has 7 heteroatoms. The monoisotopic (exact) mass is 376 g/mol. The molecule has 0 atom stereocenters. The van der Waals surface area contributed by atoms with Gasteiger partial charge in [0.1, 0.15) is 18.1 Å². The van der Waals surface area contributed by atoms with Crippen LogP contribution < -0.4 is 10.5 Å². The molecule has 2 heterocycles. The first-order valence-electron chi connectivity index (χ1n) is 8.78. The van der Waals surface area contributed by atoms with Gasteiger partial charge in [0.2, 0.25) is 0 Å². The molecule has 0 saturated heterocycles. The van der Waals surface area contributed by atoms with Gasteiger partial charge in [-0.2, -0.15) is 0 Å². The molecule has 0 bridgehead atoms. The van der Waals surface area contributed by atoms with Gasteiger partial charge in [0.15, 0.2) is 5.84 Å². The van der Waals surface area contributed by atoms with Gasteiger partial charge in [-0.1, -0.05) is 35.5 Å². The lowest BCUT2D eigenvalue weighted by atomic mass is 10.1. The standard InChI is InChI=1S/C21H20N4O3/c1-27-12-16-19-15-9-14(28-11-13-5-3-2-4-6-13)7-8-17(15)24-18(19)10-23-20(16)21(22)25-26/h2-10,24,26H,11-12H2,1H3,(H2,22,25). The second-order valence-corrected chi connectivity index (χ2v) is 6.40. The van der Waals surface area contributed by atoms with Crippen molar-refractivity contribution in [1.29, 1.82) is 0 Å². The predicted molar refractivity (Wildman–Crippen MR) is 108 cm³/mol. The van der Waals surface area contributed by atoms with Crippen LogP contribution in [-0.4, -0.2) is 28.1 Å². The number of nitrogens with one attached hydrogen (secondary N) is 1. The predicted octanol–water partition coefficient (Wildman–Crippen LogP) is 3.54. The van der Waals surface area contributed by atoms with Gasteiger partial charge >= 0.3 is 0 Å². The molecule has 4 N–H and O–H groups in total. The third-order valence-corrected chi connectivity index (χ3v) is 4.60. The van der Waals surface area contributed by atoms with Crippen LogP contribution in [0.3, 0.4) is 0 Å². The van der Waals surface area contributed by atoms with E-state index in [-0.39, 0.29) is 12.4 Å². The second-order valence-electron chi connectivity index (χ2n) is 6.40. The number of hydrogen-bond acceptors (Lipinski definition) is 5. The maximum Gasteiger partial charge on any atom is 0.189 e. The normalized spacial score (nSPS) is 12.0. The van der Waals surface area contributed by atoms with Crippen LogP contribution in [-0.2, 0) is 18.0 Å². The smallest absolute Gasteiger partial charge is 0.189 e. The van der Waals surface area contributed by atoms with Gasteiger partial charge in [-0.25, -0.2) is 0 Å². The van der Waals surface area contributed by atoms with E-state index in [1.807, 2.05) is 48.5 Å². The van der Waals surface area contributed by atoms with E-state index >= 15 is 0 Å². The summed E-state index contributed by atoms with van der Waals surface area (Å²) >= 11 is 0. The van der Waals surface area contributed by atoms with Gasteiger partial charge in [-0.15, -0.1) is 0 Å². The molecule has 4 rings (SSSR count). The molecule has 0 aliphatic rings. The van der Waals surface area contributed by atoms with Crippen LogP contribution in [0.15, 0.2) is 59.9 Å². The number of fused-ring (bicyclic) bond motifs is 3. The van der Waals surface area contributed by atoms with Crippen molar-refractivity contribution >= 4 is 27.6 Å². The lowest BCUT2D eigenvalue weighted by Gasteiger charge is -2.09. The molecule has 2 aromatic heterocycles. The molecule has 0 aliphatic carbocycles. The summed E-state index contributed by atoms with van der Waals surface area (Å²) in [7, 11) is 1.60. The first-order valence-corrected chi connectivity index (χ1v) is 8.78. The van der Waals surface area contributed by atoms with Gasteiger partial charge in [0, 0.05) is 29.0 Å². The molecule has 0 aliphatic heterocycles. The number of ether oxygens (including phenoxy) is 2. The third kappa shape index (κ3) is 3.23. The van der Waals surface area contributed by atoms with Gasteiger partial charge in [-0.05, 0) is 23.8 Å². The van der Waals surface area contributed by atoms with E-state index in [2.05, 4.69) is 15.1 Å². The molecular formula is C21H20N4O3. The Morgan fingerprint density at radius 2 is 1.96 bits per heavy atom. The largest absolute Gasteiger partial charge is 0.489 e. The Kier molecular flexibility index (Phi) is 4.82. The number of nitrogens with two attached hydrogens (primary N) is 1. The van der Waals surface area contributed by atoms with E-state index in [9.17, 15) is 0 Å². The van der Waals surface area contributed by atoms with E-state index in [1.165, 1.54) is 0 Å². The highest BCUT2D eigenvalue weighted by Crippen LogP contribution is 2.32. The Bertz CT molecular complexity index is 1150. The van der Waals surface area contributed by atoms with E-state index in [1.54, 1.807) is 13.3 Å². The van der Waals surface area contributed by atoms with Crippen LogP contribution in [0.25, 0.3) is 21.8 Å². The molecule has 7 nitrogen and oxygen atoms in total. The number of amidine groups is 1. The number of nitrogens with zero attached hydrogens (tertiary/aromatic N) is 2. The number of aromatic amines is 1. The van der Waals surface area contributed by atoms with Crippen LogP contribution in [0, 0.1) is 0 Å². The van der Waals surface area contributed by atoms with Crippen molar-refractivity contribution in [1.82, 2.24) is 9.97 Å². The van der Waals surface area contributed by atoms with Gasteiger partial charge in [-0.3, -0.25) is 4.98 Å². The van der Waals surface area contributed by atoms with Crippen molar-refractivity contribution in [3.63, 3.8) is 0 Å². The summed E-state index contributed by atoms with van der Waals surface area (Å²) < 4.78 is 11.3. The number of rotatable bonds is 6. The minimum Gasteiger partial charge on any atom is -0.489 e. The molecular weight excluding hydrogens is 356 g/mol. The number of hydrogen-bond donors (Lipinski definition) is 3. The highest BCUT2D eigenvalue weighted by molar-refractivity contribution is 6.12. The molecule has 0 fully saturated rings. The number of oxime groups is 1. The molecule has 28 heavy (non-hydrogen) atoms. The Morgan fingerprint density at radius 3 is 2.71 bits per heavy atom. The summed E-state index contributed by atoms with van der Waals surface area (Å²) in [6.07, 6.45) is 1.67. The SMILES string of the molecule is COCc1c(/C(N)=N/O)ncc2[nH]c3ccc(OCc4ccccc4)cc3c12. The highest BCUT2D eigenvalue weighted by atomic mass is 16.5. The molecule has 0 radical (unpaired) electrons. The number of pyridine rings is 1. The number of aromatic nitrogens is 2. The van der Waals surface area contributed by atoms with Crippen molar-refractivity contribution in [2.45, 2.75) is 13.2 Å². The van der Waals surface area contributed by atoms with E-state index in [0.29, 0.717) is 12.3 Å². The zero-order valence-corrected chi connectivity index (χ0v) is 15.3. The van der Waals surface area contributed by atoms with Gasteiger partial charge in [0.05, 0.1) is 18.3 Å². The zero-order valence-electron chi connectivity index (χ0n) is 15.3. The Balaban J connectivity index is 1.81. The van der Waals surface area contributed by atoms with Crippen LogP contribution in [0.4, 0.5) is 0 Å². The van der Waals surface area contributed by atoms with E-state index in [4.69, 9.17) is 20.4 Å². The minimum atomic E-state index is -0.0558. The van der Waals surface area contributed by atoms with Crippen LogP contribution in [0.5, 0.6) is 5.75 Å². The lowest BCUT2D eigenvalue weighted by molar-refractivity contribution is 0.185. The fourth-order valence-electron chi connectivity index (χ4n) is 3.32. The molecule has 0 amide bonds. The molecule has 0 unspecified atom stereocenters. The number of H-pyrrole nitrogens is 1. The zero-order chi connectivity index (χ0) is 19.5. The quantitative estimate of drug-likeness (QED) is 0.207. The molecule has 2 aromatic carbocycles. The average molecular weight is 376 g/mol. The molecule has 0 spiro atoms. The van der Waals surface area contributed by atoms with Crippen LogP contribution in [0.1, 0.15) is 16.8 Å². The summed E-state index contributed by atoms with van der Waals surface area (Å²) in [4.78, 5) is 7.68. The van der Waals surface area contributed by atoms with Crippen molar-refractivity contribution in [3.05, 3.63) is 71.5 Å². The fraction of sp³-hybridized carbons (Fsp3) is 0.143. The van der Waals surface area contributed by atoms with E-state index in [0.717, 1.165) is 38.7 Å². The lowest BCUT2D eigenvalue weighted by Crippen LogP contribution is -2.18. The first-order chi connectivity index (χ1) is 13.7. The van der Waals surface area contributed by atoms with Crippen LogP contribution >= 0.6 is 0 Å². The summed E-state index contributed by atoms with van der Waals surface area (Å²) in [5.41, 5.74) is 9.85. The minimum absolute atomic E-state index is 0.0558. The summed E-state index contributed by atoms with van der Waals surface area (Å²) in [5, 5.41) is 14.1. The maximum atomic E-state index is 9.09. The topological polar surface area (TPSA) is 106 Å². The third-order valence-electron chi connectivity index (χ3n) is 4.60. The summed E-state index contributed by atoms with van der Waals surface area (Å²) in [6.45, 7) is 0.758. The highest BCUT2D eigenvalue weighted by Gasteiger charge is 2.17. The molecule has 0 saturated carbocycles. The summed E-state index contributed by atoms with van der Waals surface area (Å²) in [6, 6.07) is 15.9. The van der Waals surface area contributed by atoms with Crippen LogP contribution in [0.2, 0.25) is 0 Å². The average Bonchev–Trinajstić information content (AvgIpc) is 3.11. The Labute approximate surface area is 161 Å². The van der Waals surface area contributed by atoms with Gasteiger partial charge < -0.3 is 25.4 Å². The van der Waals surface area contributed by atoms with E-state index < -0.39 is 0 Å². The maximum absolute atomic E-state index is 9.09. The van der Waals surface area contributed by atoms with Crippen molar-refractivity contribution in [3.8, 4) is 5.75 Å². The summed E-state index contributed by atoms with van der Waals surface area (Å²) in [5.74, 6) is 0.697. The number of methoxy groups -OCH3 is 1. The van der Waals surface area contributed by atoms with Crippen molar-refractivity contribution in [2.24, 2.45) is 10.9 Å². The Morgan fingerprint density at radius 1 is 1.14 bits per heavy atom. The first kappa shape index (κ1) is 17.8. The molecule has 4 aromatic rings. The van der Waals surface area contributed by atoms with Gasteiger partial charge in [0.25, 0.3) is 0 Å². The Hall–Kier alpha value is -3.58. The number of benzene rings is 2. The van der Waals surface area contributed by atoms with Crippen molar-refractivity contribution < 1.29 is 14.7 Å². The second kappa shape index (κ2) is 7.58. The fourth-order valence-corrected chi connectivity index (χ4v) is 3.32.